The van der Waals surface area contributed by atoms with Crippen molar-refractivity contribution < 1.29 is 4.79 Å². The molecule has 0 unspecified atom stereocenters. The lowest BCUT2D eigenvalue weighted by Gasteiger charge is -2.20. The molecule has 0 aromatic carbocycles. The molecule has 1 aliphatic carbocycles. The number of rotatable bonds is 5. The lowest BCUT2D eigenvalue weighted by molar-refractivity contribution is -0.125. The number of amides is 1. The first-order chi connectivity index (χ1) is 10.8. The quantitative estimate of drug-likeness (QED) is 0.919. The van der Waals surface area contributed by atoms with Crippen LogP contribution in [-0.2, 0) is 11.2 Å². The Morgan fingerprint density at radius 1 is 1.32 bits per heavy atom. The number of carbonyl (C=O) groups excluding carboxylic acids is 1. The highest BCUT2D eigenvalue weighted by molar-refractivity contribution is 7.09. The van der Waals surface area contributed by atoms with Crippen LogP contribution in [0.25, 0.3) is 11.3 Å². The number of nitrogens with one attached hydrogen (secondary N) is 1. The standard InChI is InChI=1S/C17H21N3OS/c21-17(13-5-2-1-3-6-13)19-10-8-16-20-15(12-22-16)14-7-4-9-18-11-14/h4,7,9,11-13H,1-3,5-6,8,10H2,(H,19,21). The SMILES string of the molecule is O=C(NCCc1nc(-c2cccnc2)cs1)C1CCCCC1. The fourth-order valence-corrected chi connectivity index (χ4v) is 3.68. The van der Waals surface area contributed by atoms with Crippen LogP contribution in [0.3, 0.4) is 0 Å². The van der Waals surface area contributed by atoms with Gasteiger partial charge in [-0.3, -0.25) is 9.78 Å². The molecule has 2 aromatic rings. The number of hydrogen-bond acceptors (Lipinski definition) is 4. The summed E-state index contributed by atoms with van der Waals surface area (Å²) in [5, 5.41) is 6.17. The average Bonchev–Trinajstić information content (AvgIpc) is 3.05. The van der Waals surface area contributed by atoms with Crippen molar-refractivity contribution in [1.82, 2.24) is 15.3 Å². The third-order valence-corrected chi connectivity index (χ3v) is 5.03. The van der Waals surface area contributed by atoms with Crippen LogP contribution in [-0.4, -0.2) is 22.4 Å². The highest BCUT2D eigenvalue weighted by atomic mass is 32.1. The van der Waals surface area contributed by atoms with Gasteiger partial charge in [-0.2, -0.15) is 0 Å². The summed E-state index contributed by atoms with van der Waals surface area (Å²) in [5.41, 5.74) is 2.00. The van der Waals surface area contributed by atoms with Gasteiger partial charge >= 0.3 is 0 Å². The molecule has 22 heavy (non-hydrogen) atoms. The van der Waals surface area contributed by atoms with Crippen molar-refractivity contribution in [3.63, 3.8) is 0 Å². The van der Waals surface area contributed by atoms with Crippen molar-refractivity contribution in [3.8, 4) is 11.3 Å². The predicted molar refractivity (Wildman–Crippen MR) is 88.6 cm³/mol. The summed E-state index contributed by atoms with van der Waals surface area (Å²) in [6.07, 6.45) is 10.1. The van der Waals surface area contributed by atoms with Gasteiger partial charge in [0.2, 0.25) is 5.91 Å². The van der Waals surface area contributed by atoms with E-state index < -0.39 is 0 Å². The maximum atomic E-state index is 12.1. The number of thiazole rings is 1. The lowest BCUT2D eigenvalue weighted by atomic mass is 9.89. The van der Waals surface area contributed by atoms with Crippen LogP contribution in [0.4, 0.5) is 0 Å². The second kappa shape index (κ2) is 7.49. The Hall–Kier alpha value is -1.75. The molecular formula is C17H21N3OS. The minimum Gasteiger partial charge on any atom is -0.355 e. The zero-order valence-corrected chi connectivity index (χ0v) is 13.4. The zero-order chi connectivity index (χ0) is 15.2. The largest absolute Gasteiger partial charge is 0.355 e. The van der Waals surface area contributed by atoms with Crippen LogP contribution >= 0.6 is 11.3 Å². The molecule has 3 rings (SSSR count). The topological polar surface area (TPSA) is 54.9 Å². The Kier molecular flexibility index (Phi) is 5.16. The highest BCUT2D eigenvalue weighted by Gasteiger charge is 2.20. The maximum Gasteiger partial charge on any atom is 0.223 e. The van der Waals surface area contributed by atoms with Crippen molar-refractivity contribution in [2.24, 2.45) is 5.92 Å². The van der Waals surface area contributed by atoms with Gasteiger partial charge in [-0.15, -0.1) is 11.3 Å². The molecule has 5 heteroatoms. The normalized spacial score (nSPS) is 15.6. The van der Waals surface area contributed by atoms with Gasteiger partial charge in [0.25, 0.3) is 0 Å². The first kappa shape index (κ1) is 15.2. The molecule has 1 aliphatic rings. The van der Waals surface area contributed by atoms with Gasteiger partial charge in [0.1, 0.15) is 0 Å². The Bertz CT molecular complexity index is 605. The van der Waals surface area contributed by atoms with E-state index in [1.54, 1.807) is 17.5 Å². The Morgan fingerprint density at radius 3 is 2.95 bits per heavy atom. The van der Waals surface area contributed by atoms with Crippen LogP contribution in [0.1, 0.15) is 37.1 Å². The zero-order valence-electron chi connectivity index (χ0n) is 12.6. The molecule has 116 valence electrons. The summed E-state index contributed by atoms with van der Waals surface area (Å²) in [4.78, 5) is 20.8. The van der Waals surface area contributed by atoms with Gasteiger partial charge in [-0.05, 0) is 25.0 Å². The summed E-state index contributed by atoms with van der Waals surface area (Å²) in [5.74, 6) is 0.458. The van der Waals surface area contributed by atoms with Crippen molar-refractivity contribution >= 4 is 17.2 Å². The first-order valence-electron chi connectivity index (χ1n) is 7.95. The van der Waals surface area contributed by atoms with E-state index >= 15 is 0 Å². The lowest BCUT2D eigenvalue weighted by Crippen LogP contribution is -2.33. The van der Waals surface area contributed by atoms with E-state index in [1.165, 1.54) is 19.3 Å². The van der Waals surface area contributed by atoms with E-state index in [4.69, 9.17) is 0 Å². The summed E-state index contributed by atoms with van der Waals surface area (Å²) >= 11 is 1.64. The molecule has 0 radical (unpaired) electrons. The molecule has 0 spiro atoms. The Labute approximate surface area is 135 Å². The number of carbonyl (C=O) groups is 1. The molecule has 1 fully saturated rings. The van der Waals surface area contributed by atoms with E-state index in [2.05, 4.69) is 20.7 Å². The molecule has 4 nitrogen and oxygen atoms in total. The van der Waals surface area contributed by atoms with Crippen molar-refractivity contribution in [2.75, 3.05) is 6.54 Å². The predicted octanol–water partition coefficient (Wildman–Crippen LogP) is 3.44. The molecule has 2 aromatic heterocycles. The monoisotopic (exact) mass is 315 g/mol. The van der Waals surface area contributed by atoms with Gasteiger partial charge in [0.15, 0.2) is 0 Å². The molecule has 1 saturated carbocycles. The van der Waals surface area contributed by atoms with E-state index in [0.29, 0.717) is 6.54 Å². The molecule has 0 aliphatic heterocycles. The van der Waals surface area contributed by atoms with Crippen LogP contribution in [0.2, 0.25) is 0 Å². The fourth-order valence-electron chi connectivity index (χ4n) is 2.87. The average molecular weight is 315 g/mol. The molecular weight excluding hydrogens is 294 g/mol. The summed E-state index contributed by atoms with van der Waals surface area (Å²) < 4.78 is 0. The second-order valence-corrected chi connectivity index (χ2v) is 6.69. The third kappa shape index (κ3) is 3.91. The highest BCUT2D eigenvalue weighted by Crippen LogP contribution is 2.24. The van der Waals surface area contributed by atoms with E-state index in [1.807, 2.05) is 18.3 Å². The van der Waals surface area contributed by atoms with E-state index in [-0.39, 0.29) is 11.8 Å². The van der Waals surface area contributed by atoms with Crippen molar-refractivity contribution in [3.05, 3.63) is 34.9 Å². The smallest absolute Gasteiger partial charge is 0.223 e. The number of nitrogens with zero attached hydrogens (tertiary/aromatic N) is 2. The van der Waals surface area contributed by atoms with E-state index in [0.717, 1.165) is 35.5 Å². The molecule has 0 bridgehead atoms. The molecule has 1 N–H and O–H groups in total. The van der Waals surface area contributed by atoms with Crippen LogP contribution in [0.5, 0.6) is 0 Å². The van der Waals surface area contributed by atoms with Gasteiger partial charge < -0.3 is 5.32 Å². The van der Waals surface area contributed by atoms with Crippen molar-refractivity contribution in [1.29, 1.82) is 0 Å². The molecule has 1 amide bonds. The van der Waals surface area contributed by atoms with Crippen LogP contribution < -0.4 is 5.32 Å². The molecule has 2 heterocycles. The fraction of sp³-hybridized carbons (Fsp3) is 0.471. The molecule has 0 atom stereocenters. The van der Waals surface area contributed by atoms with Crippen molar-refractivity contribution in [2.45, 2.75) is 38.5 Å². The number of pyridine rings is 1. The second-order valence-electron chi connectivity index (χ2n) is 5.74. The molecule has 0 saturated heterocycles. The van der Waals surface area contributed by atoms with Gasteiger partial charge in [0.05, 0.1) is 10.7 Å². The summed E-state index contributed by atoms with van der Waals surface area (Å²) in [6.45, 7) is 0.676. The summed E-state index contributed by atoms with van der Waals surface area (Å²) in [6, 6.07) is 3.93. The van der Waals surface area contributed by atoms with Crippen LogP contribution in [0.15, 0.2) is 29.9 Å². The van der Waals surface area contributed by atoms with Gasteiger partial charge in [-0.1, -0.05) is 19.3 Å². The number of aromatic nitrogens is 2. The van der Waals surface area contributed by atoms with E-state index in [9.17, 15) is 4.79 Å². The minimum absolute atomic E-state index is 0.226. The minimum atomic E-state index is 0.226. The Morgan fingerprint density at radius 2 is 2.18 bits per heavy atom. The maximum absolute atomic E-state index is 12.1. The van der Waals surface area contributed by atoms with Gasteiger partial charge in [0, 0.05) is 42.2 Å². The third-order valence-electron chi connectivity index (χ3n) is 4.12. The Balaban J connectivity index is 1.48. The summed E-state index contributed by atoms with van der Waals surface area (Å²) in [7, 11) is 0. The van der Waals surface area contributed by atoms with Crippen LogP contribution in [0, 0.1) is 5.92 Å². The van der Waals surface area contributed by atoms with Gasteiger partial charge in [-0.25, -0.2) is 4.98 Å². The first-order valence-corrected chi connectivity index (χ1v) is 8.83. The number of hydrogen-bond donors (Lipinski definition) is 1.